The highest BCUT2D eigenvalue weighted by Gasteiger charge is 2.40. The van der Waals surface area contributed by atoms with Crippen LogP contribution in [0.4, 0.5) is 13.2 Å². The molecule has 0 spiro atoms. The molecule has 0 heterocycles. The minimum atomic E-state index is -4.33. The Kier molecular flexibility index (Phi) is 5.25. The highest BCUT2D eigenvalue weighted by Crippen LogP contribution is 2.30. The van der Waals surface area contributed by atoms with Gasteiger partial charge in [0.25, 0.3) is 0 Å². The van der Waals surface area contributed by atoms with Crippen molar-refractivity contribution in [3.8, 4) is 11.1 Å². The molecule has 0 saturated carbocycles. The van der Waals surface area contributed by atoms with Crippen molar-refractivity contribution in [2.45, 2.75) is 6.18 Å². The zero-order valence-electron chi connectivity index (χ0n) is 13.0. The molecule has 124 valence electrons. The highest BCUT2D eigenvalue weighted by atomic mass is 28.4. The Bertz CT molecular complexity index is 627. The van der Waals surface area contributed by atoms with Crippen LogP contribution >= 0.6 is 0 Å². The van der Waals surface area contributed by atoms with Gasteiger partial charge in [0.1, 0.15) is 0 Å². The monoisotopic (exact) mass is 342 g/mol. The lowest BCUT2D eigenvalue weighted by molar-refractivity contribution is -0.137. The molecule has 0 amide bonds. The van der Waals surface area contributed by atoms with Crippen LogP contribution < -0.4 is 5.19 Å². The van der Waals surface area contributed by atoms with Crippen LogP contribution in [0.1, 0.15) is 5.56 Å². The summed E-state index contributed by atoms with van der Waals surface area (Å²) >= 11 is 0. The largest absolute Gasteiger partial charge is 0.536 e. The normalized spacial score (nSPS) is 12.4. The topological polar surface area (TPSA) is 27.7 Å². The van der Waals surface area contributed by atoms with E-state index in [4.69, 9.17) is 13.3 Å². The van der Waals surface area contributed by atoms with E-state index in [-0.39, 0.29) is 0 Å². The van der Waals surface area contributed by atoms with Crippen LogP contribution in [-0.2, 0) is 19.5 Å². The molecule has 0 aliphatic rings. The second kappa shape index (κ2) is 6.84. The first-order chi connectivity index (χ1) is 10.9. The average Bonchev–Trinajstić information content (AvgIpc) is 2.57. The summed E-state index contributed by atoms with van der Waals surface area (Å²) in [5.41, 5.74) is 0.834. The van der Waals surface area contributed by atoms with Crippen LogP contribution in [0.5, 0.6) is 0 Å². The summed E-state index contributed by atoms with van der Waals surface area (Å²) in [6.45, 7) is 0. The van der Waals surface area contributed by atoms with Crippen molar-refractivity contribution in [1.29, 1.82) is 0 Å². The Hall–Kier alpha value is -1.67. The van der Waals surface area contributed by atoms with Gasteiger partial charge in [-0.05, 0) is 23.3 Å². The fourth-order valence-corrected chi connectivity index (χ4v) is 4.10. The molecule has 23 heavy (non-hydrogen) atoms. The van der Waals surface area contributed by atoms with Gasteiger partial charge in [0.2, 0.25) is 0 Å². The van der Waals surface area contributed by atoms with E-state index in [1.807, 2.05) is 0 Å². The lowest BCUT2D eigenvalue weighted by Crippen LogP contribution is -2.54. The molecular formula is C16H17F3O3Si. The third-order valence-electron chi connectivity index (χ3n) is 3.59. The maximum atomic E-state index is 12.6. The summed E-state index contributed by atoms with van der Waals surface area (Å²) in [7, 11) is 1.65. The standard InChI is InChI=1S/C16H17F3O3Si/c1-20-23(21-2,22-3)15-10-6-13(7-11-15)12-4-8-14(9-5-12)16(17,18)19/h4-11H,1-3H3. The van der Waals surface area contributed by atoms with Gasteiger partial charge >= 0.3 is 15.0 Å². The molecule has 7 heteroatoms. The molecule has 0 aliphatic carbocycles. The van der Waals surface area contributed by atoms with E-state index in [0.29, 0.717) is 5.56 Å². The summed E-state index contributed by atoms with van der Waals surface area (Å²) in [6.07, 6.45) is -4.33. The fraction of sp³-hybridized carbons (Fsp3) is 0.250. The van der Waals surface area contributed by atoms with Crippen molar-refractivity contribution in [3.63, 3.8) is 0 Å². The lowest BCUT2D eigenvalue weighted by atomic mass is 10.0. The SMILES string of the molecule is CO[Si](OC)(OC)c1ccc(-c2ccc(C(F)(F)F)cc2)cc1. The van der Waals surface area contributed by atoms with E-state index in [0.717, 1.165) is 22.9 Å². The van der Waals surface area contributed by atoms with Gasteiger partial charge in [-0.25, -0.2) is 0 Å². The molecule has 0 radical (unpaired) electrons. The maximum Gasteiger partial charge on any atom is 0.536 e. The van der Waals surface area contributed by atoms with Crippen molar-refractivity contribution in [2.75, 3.05) is 21.3 Å². The third-order valence-corrected chi connectivity index (χ3v) is 6.24. The van der Waals surface area contributed by atoms with E-state index in [1.165, 1.54) is 33.5 Å². The van der Waals surface area contributed by atoms with Crippen molar-refractivity contribution in [1.82, 2.24) is 0 Å². The quantitative estimate of drug-likeness (QED) is 0.779. The van der Waals surface area contributed by atoms with Gasteiger partial charge in [-0.15, -0.1) is 0 Å². The van der Waals surface area contributed by atoms with Crippen LogP contribution in [0.2, 0.25) is 0 Å². The van der Waals surface area contributed by atoms with Crippen molar-refractivity contribution < 1.29 is 26.4 Å². The van der Waals surface area contributed by atoms with Gasteiger partial charge in [-0.2, -0.15) is 13.2 Å². The minimum absolute atomic E-state index is 0.664. The molecule has 2 aromatic carbocycles. The van der Waals surface area contributed by atoms with Crippen molar-refractivity contribution in [2.24, 2.45) is 0 Å². The summed E-state index contributed by atoms with van der Waals surface area (Å²) in [6, 6.07) is 12.2. The van der Waals surface area contributed by atoms with E-state index in [1.54, 1.807) is 24.3 Å². The second-order valence-corrected chi connectivity index (χ2v) is 7.74. The highest BCUT2D eigenvalue weighted by molar-refractivity contribution is 6.75. The Morgan fingerprint density at radius 1 is 0.696 bits per heavy atom. The number of halogens is 3. The predicted molar refractivity (Wildman–Crippen MR) is 83.3 cm³/mol. The smallest absolute Gasteiger partial charge is 0.373 e. The number of rotatable bonds is 5. The molecule has 2 aromatic rings. The molecule has 0 N–H and O–H groups in total. The van der Waals surface area contributed by atoms with E-state index in [9.17, 15) is 13.2 Å². The number of hydrogen-bond donors (Lipinski definition) is 0. The average molecular weight is 342 g/mol. The summed E-state index contributed by atoms with van der Waals surface area (Å²) in [5.74, 6) is 0. The first-order valence-corrected chi connectivity index (χ1v) is 8.52. The molecule has 0 aromatic heterocycles. The molecule has 2 rings (SSSR count). The first kappa shape index (κ1) is 17.7. The van der Waals surface area contributed by atoms with Gasteiger partial charge in [0.05, 0.1) is 5.56 Å². The lowest BCUT2D eigenvalue weighted by Gasteiger charge is -2.24. The molecule has 0 fully saturated rings. The summed E-state index contributed by atoms with van der Waals surface area (Å²) in [5, 5.41) is 0.778. The van der Waals surface area contributed by atoms with Crippen molar-refractivity contribution in [3.05, 3.63) is 54.1 Å². The van der Waals surface area contributed by atoms with Crippen LogP contribution in [0, 0.1) is 0 Å². The summed E-state index contributed by atoms with van der Waals surface area (Å²) in [4.78, 5) is 0. The van der Waals surface area contributed by atoms with Crippen LogP contribution in [-0.4, -0.2) is 30.1 Å². The number of alkyl halides is 3. The second-order valence-electron chi connectivity index (χ2n) is 4.82. The summed E-state index contributed by atoms with van der Waals surface area (Å²) < 4.78 is 53.9. The molecule has 0 atom stereocenters. The fourth-order valence-electron chi connectivity index (χ4n) is 2.32. The number of hydrogen-bond acceptors (Lipinski definition) is 3. The van der Waals surface area contributed by atoms with Gasteiger partial charge in [0, 0.05) is 26.5 Å². The Morgan fingerprint density at radius 2 is 1.09 bits per heavy atom. The van der Waals surface area contributed by atoms with Gasteiger partial charge in [-0.3, -0.25) is 0 Å². The zero-order valence-corrected chi connectivity index (χ0v) is 14.0. The Morgan fingerprint density at radius 3 is 1.43 bits per heavy atom. The van der Waals surface area contributed by atoms with Crippen LogP contribution in [0.25, 0.3) is 11.1 Å². The van der Waals surface area contributed by atoms with Gasteiger partial charge in [0.15, 0.2) is 0 Å². The zero-order chi connectivity index (χ0) is 17.1. The minimum Gasteiger partial charge on any atom is -0.373 e. The molecule has 0 saturated heterocycles. The third kappa shape index (κ3) is 3.64. The van der Waals surface area contributed by atoms with Gasteiger partial charge in [-0.1, -0.05) is 36.4 Å². The Balaban J connectivity index is 2.29. The number of benzene rings is 2. The molecular weight excluding hydrogens is 325 g/mol. The van der Waals surface area contributed by atoms with Crippen molar-refractivity contribution >= 4 is 14.0 Å². The maximum absolute atomic E-state index is 12.6. The molecule has 0 aliphatic heterocycles. The van der Waals surface area contributed by atoms with Crippen LogP contribution in [0.15, 0.2) is 48.5 Å². The molecule has 3 nitrogen and oxygen atoms in total. The predicted octanol–water partition coefficient (Wildman–Crippen LogP) is 3.46. The van der Waals surface area contributed by atoms with E-state index < -0.39 is 20.5 Å². The van der Waals surface area contributed by atoms with Gasteiger partial charge < -0.3 is 13.3 Å². The molecule has 0 unspecified atom stereocenters. The Labute approximate surface area is 134 Å². The van der Waals surface area contributed by atoms with Crippen LogP contribution in [0.3, 0.4) is 0 Å². The van der Waals surface area contributed by atoms with E-state index >= 15 is 0 Å². The van der Waals surface area contributed by atoms with E-state index in [2.05, 4.69) is 0 Å². The first-order valence-electron chi connectivity index (χ1n) is 6.80. The molecule has 0 bridgehead atoms.